The molecule has 0 saturated heterocycles. The smallest absolute Gasteiger partial charge is 0.142 e. The first-order chi connectivity index (χ1) is 10.0. The number of fused-ring (bicyclic) bond motifs is 1. The van der Waals surface area contributed by atoms with E-state index < -0.39 is 0 Å². The Balaban J connectivity index is 2.17. The Labute approximate surface area is 136 Å². The highest BCUT2D eigenvalue weighted by molar-refractivity contribution is 6.35. The van der Waals surface area contributed by atoms with Crippen molar-refractivity contribution < 1.29 is 9.84 Å². The number of halogens is 2. The Morgan fingerprint density at radius 1 is 1.33 bits per heavy atom. The molecule has 1 unspecified atom stereocenters. The summed E-state index contributed by atoms with van der Waals surface area (Å²) in [7, 11) is 0. The van der Waals surface area contributed by atoms with Crippen LogP contribution in [0.4, 0.5) is 0 Å². The van der Waals surface area contributed by atoms with Gasteiger partial charge < -0.3 is 15.2 Å². The van der Waals surface area contributed by atoms with E-state index in [0.29, 0.717) is 16.7 Å². The fourth-order valence-electron chi connectivity index (χ4n) is 2.76. The largest absolute Gasteiger partial charge is 0.492 e. The Morgan fingerprint density at radius 3 is 2.67 bits per heavy atom. The molecule has 1 heterocycles. The zero-order valence-electron chi connectivity index (χ0n) is 12.6. The molecule has 0 aromatic heterocycles. The van der Waals surface area contributed by atoms with Crippen LogP contribution in [0.2, 0.25) is 10.0 Å². The van der Waals surface area contributed by atoms with E-state index in [4.69, 9.17) is 27.9 Å². The van der Waals surface area contributed by atoms with Crippen molar-refractivity contribution in [1.29, 1.82) is 0 Å². The van der Waals surface area contributed by atoms with Crippen molar-refractivity contribution in [2.45, 2.75) is 39.2 Å². The predicted octanol–water partition coefficient (Wildman–Crippen LogP) is 4.21. The molecule has 0 aliphatic carbocycles. The van der Waals surface area contributed by atoms with Crippen LogP contribution in [0.15, 0.2) is 12.1 Å². The lowest BCUT2D eigenvalue weighted by Gasteiger charge is -2.34. The molecule has 0 fully saturated rings. The number of hydrogen-bond acceptors (Lipinski definition) is 3. The van der Waals surface area contributed by atoms with Crippen LogP contribution in [0.25, 0.3) is 0 Å². The monoisotopic (exact) mass is 331 g/mol. The SMILES string of the molecule is CCC(CC)(CO)CNC1CCOc2c(Cl)cc(Cl)cc21. The van der Waals surface area contributed by atoms with Crippen molar-refractivity contribution >= 4 is 23.2 Å². The van der Waals surface area contributed by atoms with Crippen molar-refractivity contribution in [2.24, 2.45) is 5.41 Å². The number of aliphatic hydroxyl groups is 1. The minimum atomic E-state index is -0.0686. The van der Waals surface area contributed by atoms with Gasteiger partial charge >= 0.3 is 0 Å². The van der Waals surface area contributed by atoms with Crippen LogP contribution in [0.5, 0.6) is 5.75 Å². The Hall–Kier alpha value is -0.480. The first kappa shape index (κ1) is 16.9. The molecule has 1 aromatic carbocycles. The number of aliphatic hydroxyl groups excluding tert-OH is 1. The van der Waals surface area contributed by atoms with E-state index in [1.165, 1.54) is 0 Å². The van der Waals surface area contributed by atoms with Crippen LogP contribution < -0.4 is 10.1 Å². The van der Waals surface area contributed by atoms with Gasteiger partial charge in [0.25, 0.3) is 0 Å². The van der Waals surface area contributed by atoms with E-state index in [9.17, 15) is 5.11 Å². The molecular weight excluding hydrogens is 309 g/mol. The van der Waals surface area contributed by atoms with Gasteiger partial charge in [-0.3, -0.25) is 0 Å². The van der Waals surface area contributed by atoms with Crippen molar-refractivity contribution in [3.63, 3.8) is 0 Å². The Bertz CT molecular complexity index is 481. The third kappa shape index (κ3) is 3.65. The first-order valence-electron chi connectivity index (χ1n) is 7.51. The Morgan fingerprint density at radius 2 is 2.05 bits per heavy atom. The van der Waals surface area contributed by atoms with Gasteiger partial charge in [-0.05, 0) is 25.0 Å². The number of nitrogens with one attached hydrogen (secondary N) is 1. The van der Waals surface area contributed by atoms with Crippen molar-refractivity contribution in [1.82, 2.24) is 5.32 Å². The highest BCUT2D eigenvalue weighted by Gasteiger charge is 2.29. The summed E-state index contributed by atoms with van der Waals surface area (Å²) in [4.78, 5) is 0. The molecule has 1 aliphatic heterocycles. The van der Waals surface area contributed by atoms with Crippen molar-refractivity contribution in [3.05, 3.63) is 27.7 Å². The van der Waals surface area contributed by atoms with Gasteiger partial charge in [-0.15, -0.1) is 0 Å². The van der Waals surface area contributed by atoms with E-state index in [1.807, 2.05) is 6.07 Å². The molecule has 21 heavy (non-hydrogen) atoms. The zero-order chi connectivity index (χ0) is 15.5. The molecule has 0 saturated carbocycles. The average Bonchev–Trinajstić information content (AvgIpc) is 2.49. The molecule has 1 atom stereocenters. The summed E-state index contributed by atoms with van der Waals surface area (Å²) < 4.78 is 5.67. The lowest BCUT2D eigenvalue weighted by Crippen LogP contribution is -2.39. The average molecular weight is 332 g/mol. The van der Waals surface area contributed by atoms with E-state index in [1.54, 1.807) is 6.07 Å². The molecule has 118 valence electrons. The van der Waals surface area contributed by atoms with Crippen LogP contribution in [-0.2, 0) is 0 Å². The Kier molecular flexibility index (Phi) is 5.78. The number of rotatable bonds is 6. The summed E-state index contributed by atoms with van der Waals surface area (Å²) >= 11 is 12.3. The topological polar surface area (TPSA) is 41.5 Å². The summed E-state index contributed by atoms with van der Waals surface area (Å²) in [6, 6.07) is 3.78. The molecular formula is C16H23Cl2NO2. The van der Waals surface area contributed by atoms with E-state index in [2.05, 4.69) is 19.2 Å². The minimum Gasteiger partial charge on any atom is -0.492 e. The number of hydrogen-bond donors (Lipinski definition) is 2. The molecule has 1 aromatic rings. The molecule has 1 aliphatic rings. The maximum Gasteiger partial charge on any atom is 0.142 e. The predicted molar refractivity (Wildman–Crippen MR) is 87.4 cm³/mol. The highest BCUT2D eigenvalue weighted by Crippen LogP contribution is 2.40. The van der Waals surface area contributed by atoms with Gasteiger partial charge in [0.2, 0.25) is 0 Å². The van der Waals surface area contributed by atoms with E-state index >= 15 is 0 Å². The highest BCUT2D eigenvalue weighted by atomic mass is 35.5. The van der Waals surface area contributed by atoms with E-state index in [-0.39, 0.29) is 18.1 Å². The standard InChI is InChI=1S/C16H23Cl2NO2/c1-3-16(4-2,10-20)9-19-14-5-6-21-15-12(14)7-11(17)8-13(15)18/h7-8,14,19-20H,3-6,9-10H2,1-2H3. The molecule has 0 bridgehead atoms. The molecule has 0 amide bonds. The summed E-state index contributed by atoms with van der Waals surface area (Å²) in [6.07, 6.45) is 2.76. The third-order valence-corrected chi connectivity index (χ3v) is 5.12. The normalized spacial score (nSPS) is 18.2. The van der Waals surface area contributed by atoms with E-state index in [0.717, 1.165) is 37.1 Å². The molecule has 5 heteroatoms. The summed E-state index contributed by atoms with van der Waals surface area (Å²) in [5, 5.41) is 14.4. The van der Waals surface area contributed by atoms with Gasteiger partial charge in [-0.2, -0.15) is 0 Å². The van der Waals surface area contributed by atoms with Gasteiger partial charge in [-0.25, -0.2) is 0 Å². The number of benzene rings is 1. The zero-order valence-corrected chi connectivity index (χ0v) is 14.1. The first-order valence-corrected chi connectivity index (χ1v) is 8.27. The maximum absolute atomic E-state index is 9.68. The van der Waals surface area contributed by atoms with Crippen molar-refractivity contribution in [3.8, 4) is 5.75 Å². The fourth-order valence-corrected chi connectivity index (χ4v) is 3.32. The lowest BCUT2D eigenvalue weighted by atomic mass is 9.82. The molecule has 2 rings (SSSR count). The quantitative estimate of drug-likeness (QED) is 0.820. The van der Waals surface area contributed by atoms with Crippen molar-refractivity contribution in [2.75, 3.05) is 19.8 Å². The second kappa shape index (κ2) is 7.19. The van der Waals surface area contributed by atoms with Gasteiger partial charge in [-0.1, -0.05) is 37.0 Å². The van der Waals surface area contributed by atoms with Crippen LogP contribution in [0.1, 0.15) is 44.7 Å². The molecule has 0 spiro atoms. The molecule has 3 nitrogen and oxygen atoms in total. The minimum absolute atomic E-state index is 0.0686. The lowest BCUT2D eigenvalue weighted by molar-refractivity contribution is 0.106. The summed E-state index contributed by atoms with van der Waals surface area (Å²) in [5.41, 5.74) is 0.943. The molecule has 2 N–H and O–H groups in total. The van der Waals surface area contributed by atoms with Crippen LogP contribution in [0, 0.1) is 5.41 Å². The fraction of sp³-hybridized carbons (Fsp3) is 0.625. The summed E-state index contributed by atoms with van der Waals surface area (Å²) in [5.74, 6) is 0.729. The number of ether oxygens (including phenoxy) is 1. The maximum atomic E-state index is 9.68. The second-order valence-electron chi connectivity index (χ2n) is 5.74. The third-order valence-electron chi connectivity index (χ3n) is 4.62. The van der Waals surface area contributed by atoms with Crippen LogP contribution >= 0.6 is 23.2 Å². The van der Waals surface area contributed by atoms with Gasteiger partial charge in [0.05, 0.1) is 11.6 Å². The molecule has 0 radical (unpaired) electrons. The summed E-state index contributed by atoms with van der Waals surface area (Å²) in [6.45, 7) is 5.83. The van der Waals surface area contributed by atoms with Gasteiger partial charge in [0.15, 0.2) is 0 Å². The van der Waals surface area contributed by atoms with Gasteiger partial charge in [0.1, 0.15) is 5.75 Å². The van der Waals surface area contributed by atoms with Crippen LogP contribution in [0.3, 0.4) is 0 Å². The van der Waals surface area contributed by atoms with Crippen LogP contribution in [-0.4, -0.2) is 24.9 Å². The second-order valence-corrected chi connectivity index (χ2v) is 6.59. The van der Waals surface area contributed by atoms with Gasteiger partial charge in [0, 0.05) is 41.6 Å².